The van der Waals surface area contributed by atoms with Crippen LogP contribution >= 0.6 is 0 Å². The number of ether oxygens (including phenoxy) is 3. The number of benzene rings is 1. The van der Waals surface area contributed by atoms with Gasteiger partial charge < -0.3 is 24.4 Å². The minimum absolute atomic E-state index is 0.203. The highest BCUT2D eigenvalue weighted by atomic mass is 16.6. The number of nitrogens with one attached hydrogen (secondary N) is 1. The van der Waals surface area contributed by atoms with Gasteiger partial charge >= 0.3 is 5.97 Å². The van der Waals surface area contributed by atoms with Gasteiger partial charge in [-0.25, -0.2) is 4.79 Å². The molecule has 0 atom stereocenters. The molecule has 1 aromatic rings. The second-order valence-electron chi connectivity index (χ2n) is 4.82. The maximum atomic E-state index is 11.9. The second kappa shape index (κ2) is 6.45. The number of carbonyl (C=O) groups excluding carboxylic acids is 2. The number of methoxy groups -OCH3 is 1. The van der Waals surface area contributed by atoms with Crippen LogP contribution in [-0.4, -0.2) is 57.7 Å². The number of carbonyl (C=O) groups is 2. The Balaban J connectivity index is 2.32. The van der Waals surface area contributed by atoms with Crippen molar-refractivity contribution in [1.29, 1.82) is 0 Å². The van der Waals surface area contributed by atoms with E-state index in [1.165, 1.54) is 13.2 Å². The van der Waals surface area contributed by atoms with Gasteiger partial charge in [0.1, 0.15) is 13.2 Å². The zero-order chi connectivity index (χ0) is 15.4. The van der Waals surface area contributed by atoms with Crippen molar-refractivity contribution in [3.63, 3.8) is 0 Å². The molecule has 1 amide bonds. The molecular weight excluding hydrogens is 276 g/mol. The molecule has 1 aromatic carbocycles. The molecule has 1 heterocycles. The van der Waals surface area contributed by atoms with E-state index in [2.05, 4.69) is 5.32 Å². The van der Waals surface area contributed by atoms with E-state index in [9.17, 15) is 9.59 Å². The molecule has 0 fully saturated rings. The fraction of sp³-hybridized carbons (Fsp3) is 0.429. The van der Waals surface area contributed by atoms with Crippen LogP contribution in [0.15, 0.2) is 12.1 Å². The molecule has 114 valence electrons. The monoisotopic (exact) mass is 294 g/mol. The standard InChI is InChI=1S/C14H18N2O5/c1-16(2)8-13(17)15-10-7-12-11(20-4-5-21-12)6-9(10)14(18)19-3/h6-7H,4-5,8H2,1-3H3,(H,15,17). The minimum Gasteiger partial charge on any atom is -0.486 e. The first-order chi connectivity index (χ1) is 10.0. The van der Waals surface area contributed by atoms with Crippen LogP contribution in [-0.2, 0) is 9.53 Å². The number of fused-ring (bicyclic) bond motifs is 1. The van der Waals surface area contributed by atoms with Crippen LogP contribution in [0.5, 0.6) is 11.5 Å². The van der Waals surface area contributed by atoms with Crippen LogP contribution in [0.25, 0.3) is 0 Å². The molecular formula is C14H18N2O5. The Hall–Kier alpha value is -2.28. The Labute approximate surface area is 122 Å². The van der Waals surface area contributed by atoms with E-state index in [0.717, 1.165) is 0 Å². The summed E-state index contributed by atoms with van der Waals surface area (Å²) < 4.78 is 15.6. The van der Waals surface area contributed by atoms with Gasteiger partial charge in [-0.05, 0) is 14.1 Å². The highest BCUT2D eigenvalue weighted by Gasteiger charge is 2.21. The molecule has 0 aliphatic carbocycles. The van der Waals surface area contributed by atoms with Gasteiger partial charge in [-0.2, -0.15) is 0 Å². The summed E-state index contributed by atoms with van der Waals surface area (Å²) in [7, 11) is 4.85. The van der Waals surface area contributed by atoms with Gasteiger partial charge in [-0.15, -0.1) is 0 Å². The third-order valence-corrected chi connectivity index (χ3v) is 2.82. The summed E-state index contributed by atoms with van der Waals surface area (Å²) in [5, 5.41) is 2.69. The van der Waals surface area contributed by atoms with Crippen molar-refractivity contribution < 1.29 is 23.8 Å². The molecule has 7 nitrogen and oxygen atoms in total. The van der Waals surface area contributed by atoms with Crippen LogP contribution in [0, 0.1) is 0 Å². The number of likely N-dealkylation sites (N-methyl/N-ethyl adjacent to an activating group) is 1. The quantitative estimate of drug-likeness (QED) is 0.826. The molecule has 1 N–H and O–H groups in total. The number of nitrogens with zero attached hydrogens (tertiary/aromatic N) is 1. The normalized spacial score (nSPS) is 13.0. The number of hydrogen-bond donors (Lipinski definition) is 1. The summed E-state index contributed by atoms with van der Waals surface area (Å²) in [5.41, 5.74) is 0.576. The fourth-order valence-corrected chi connectivity index (χ4v) is 1.95. The molecule has 0 aromatic heterocycles. The second-order valence-corrected chi connectivity index (χ2v) is 4.82. The van der Waals surface area contributed by atoms with E-state index in [0.29, 0.717) is 30.4 Å². The van der Waals surface area contributed by atoms with Crippen molar-refractivity contribution in [2.45, 2.75) is 0 Å². The van der Waals surface area contributed by atoms with Crippen molar-refractivity contribution >= 4 is 17.6 Å². The van der Waals surface area contributed by atoms with Crippen molar-refractivity contribution in [3.05, 3.63) is 17.7 Å². The zero-order valence-electron chi connectivity index (χ0n) is 12.3. The topological polar surface area (TPSA) is 77.1 Å². The third kappa shape index (κ3) is 3.63. The van der Waals surface area contributed by atoms with Crippen LogP contribution in [0.4, 0.5) is 5.69 Å². The number of rotatable bonds is 4. The smallest absolute Gasteiger partial charge is 0.340 e. The van der Waals surface area contributed by atoms with Crippen LogP contribution in [0.1, 0.15) is 10.4 Å². The Morgan fingerprint density at radius 2 is 1.86 bits per heavy atom. The highest BCUT2D eigenvalue weighted by molar-refractivity contribution is 6.02. The predicted octanol–water partition coefficient (Wildman–Crippen LogP) is 0.744. The molecule has 0 saturated carbocycles. The van der Waals surface area contributed by atoms with Gasteiger partial charge in [0.2, 0.25) is 5.91 Å². The van der Waals surface area contributed by atoms with E-state index in [1.807, 2.05) is 0 Å². The third-order valence-electron chi connectivity index (χ3n) is 2.82. The Morgan fingerprint density at radius 3 is 2.43 bits per heavy atom. The molecule has 1 aliphatic rings. The van der Waals surface area contributed by atoms with Gasteiger partial charge in [0.15, 0.2) is 11.5 Å². The maximum Gasteiger partial charge on any atom is 0.340 e. The lowest BCUT2D eigenvalue weighted by Gasteiger charge is -2.21. The molecule has 0 unspecified atom stereocenters. The molecule has 7 heteroatoms. The molecule has 0 spiro atoms. The van der Waals surface area contributed by atoms with Gasteiger partial charge in [0.25, 0.3) is 0 Å². The molecule has 0 radical (unpaired) electrons. The van der Waals surface area contributed by atoms with E-state index in [1.54, 1.807) is 25.1 Å². The number of hydrogen-bond acceptors (Lipinski definition) is 6. The zero-order valence-corrected chi connectivity index (χ0v) is 12.3. The summed E-state index contributed by atoms with van der Waals surface area (Å²) in [4.78, 5) is 25.4. The van der Waals surface area contributed by atoms with E-state index < -0.39 is 5.97 Å². The van der Waals surface area contributed by atoms with Crippen LogP contribution < -0.4 is 14.8 Å². The Morgan fingerprint density at radius 1 is 1.24 bits per heavy atom. The molecule has 21 heavy (non-hydrogen) atoms. The number of amides is 1. The van der Waals surface area contributed by atoms with Crippen molar-refractivity contribution in [1.82, 2.24) is 4.90 Å². The SMILES string of the molecule is COC(=O)c1cc2c(cc1NC(=O)CN(C)C)OCCO2. The number of esters is 1. The Bertz CT molecular complexity index is 557. The van der Waals surface area contributed by atoms with E-state index in [4.69, 9.17) is 14.2 Å². The molecule has 1 aliphatic heterocycles. The first-order valence-electron chi connectivity index (χ1n) is 6.48. The molecule has 0 bridgehead atoms. The van der Waals surface area contributed by atoms with Crippen molar-refractivity contribution in [2.24, 2.45) is 0 Å². The molecule has 2 rings (SSSR count). The average Bonchev–Trinajstić information content (AvgIpc) is 2.44. The van der Waals surface area contributed by atoms with Gasteiger partial charge in [0.05, 0.1) is 24.9 Å². The van der Waals surface area contributed by atoms with Crippen LogP contribution in [0.3, 0.4) is 0 Å². The Kier molecular flexibility index (Phi) is 4.64. The lowest BCUT2D eigenvalue weighted by atomic mass is 10.1. The lowest BCUT2D eigenvalue weighted by Crippen LogP contribution is -2.28. The summed E-state index contributed by atoms with van der Waals surface area (Å²) in [6.07, 6.45) is 0. The number of anilines is 1. The van der Waals surface area contributed by atoms with Gasteiger partial charge in [-0.3, -0.25) is 4.79 Å². The maximum absolute atomic E-state index is 11.9. The van der Waals surface area contributed by atoms with Crippen LogP contribution in [0.2, 0.25) is 0 Å². The van der Waals surface area contributed by atoms with Gasteiger partial charge in [0, 0.05) is 12.1 Å². The fourth-order valence-electron chi connectivity index (χ4n) is 1.95. The first-order valence-corrected chi connectivity index (χ1v) is 6.48. The van der Waals surface area contributed by atoms with Gasteiger partial charge in [-0.1, -0.05) is 0 Å². The highest BCUT2D eigenvalue weighted by Crippen LogP contribution is 2.35. The van der Waals surface area contributed by atoms with Crippen molar-refractivity contribution in [3.8, 4) is 11.5 Å². The van der Waals surface area contributed by atoms with E-state index >= 15 is 0 Å². The first kappa shape index (κ1) is 15.1. The summed E-state index contributed by atoms with van der Waals surface area (Å²) in [6, 6.07) is 3.10. The van der Waals surface area contributed by atoms with Crippen molar-refractivity contribution in [2.75, 3.05) is 46.3 Å². The molecule has 0 saturated heterocycles. The van der Waals surface area contributed by atoms with E-state index in [-0.39, 0.29) is 18.0 Å². The summed E-state index contributed by atoms with van der Waals surface area (Å²) in [5.74, 6) is 0.176. The lowest BCUT2D eigenvalue weighted by molar-refractivity contribution is -0.116. The predicted molar refractivity (Wildman–Crippen MR) is 76.0 cm³/mol. The minimum atomic E-state index is -0.549. The average molecular weight is 294 g/mol. The largest absolute Gasteiger partial charge is 0.486 e. The summed E-state index contributed by atoms with van der Waals surface area (Å²) >= 11 is 0. The summed E-state index contributed by atoms with van der Waals surface area (Å²) in [6.45, 7) is 1.05.